The largest absolute Gasteiger partial charge is 0.381 e. The average Bonchev–Trinajstić information content (AvgIpc) is 3.23. The van der Waals surface area contributed by atoms with Crippen molar-refractivity contribution in [1.82, 2.24) is 10.2 Å². The summed E-state index contributed by atoms with van der Waals surface area (Å²) in [6.07, 6.45) is 1.83. The Labute approximate surface area is 136 Å². The minimum Gasteiger partial charge on any atom is -0.381 e. The summed E-state index contributed by atoms with van der Waals surface area (Å²) in [6.45, 7) is 2.01. The molecule has 3 rings (SSSR count). The zero-order valence-corrected chi connectivity index (χ0v) is 13.0. The van der Waals surface area contributed by atoms with Crippen LogP contribution in [-0.2, 0) is 11.3 Å². The lowest BCUT2D eigenvalue weighted by Gasteiger charge is -2.20. The summed E-state index contributed by atoms with van der Waals surface area (Å²) in [6, 6.07) is -0.203. The molecule has 2 aliphatic rings. The van der Waals surface area contributed by atoms with Gasteiger partial charge in [-0.1, -0.05) is 0 Å². The van der Waals surface area contributed by atoms with Crippen molar-refractivity contribution in [3.63, 3.8) is 0 Å². The van der Waals surface area contributed by atoms with Gasteiger partial charge in [0, 0.05) is 37.9 Å². The fourth-order valence-electron chi connectivity index (χ4n) is 3.32. The van der Waals surface area contributed by atoms with Gasteiger partial charge in [0.25, 0.3) is 0 Å². The van der Waals surface area contributed by atoms with Crippen molar-refractivity contribution in [3.05, 3.63) is 34.9 Å². The monoisotopic (exact) mass is 346 g/mol. The highest BCUT2D eigenvalue weighted by molar-refractivity contribution is 5.74. The number of rotatable bonds is 3. The maximum Gasteiger partial charge on any atom is 0.317 e. The standard InChI is InChI=1S/C16H18F4N2O2/c17-12-5-13(18)15(20)14(19)11(12)6-21-16(23)22-3-1-9(7-22)10-2-4-24-8-10/h5,9-10H,1-4,6-8H2,(H,21,23)/t9-,10-/m1/s1. The highest BCUT2D eigenvalue weighted by Crippen LogP contribution is 2.30. The minimum atomic E-state index is -1.75. The zero-order chi connectivity index (χ0) is 17.3. The number of nitrogens with zero attached hydrogens (tertiary/aromatic N) is 1. The van der Waals surface area contributed by atoms with Crippen LogP contribution in [0.2, 0.25) is 0 Å². The number of amides is 2. The maximum atomic E-state index is 13.6. The molecular weight excluding hydrogens is 328 g/mol. The molecule has 2 atom stereocenters. The molecule has 1 N–H and O–H groups in total. The molecule has 2 fully saturated rings. The van der Waals surface area contributed by atoms with Crippen LogP contribution in [0.3, 0.4) is 0 Å². The van der Waals surface area contributed by atoms with E-state index in [0.717, 1.165) is 19.4 Å². The van der Waals surface area contributed by atoms with Gasteiger partial charge in [-0.2, -0.15) is 0 Å². The summed E-state index contributed by atoms with van der Waals surface area (Å²) in [5, 5.41) is 2.37. The molecule has 4 nitrogen and oxygen atoms in total. The van der Waals surface area contributed by atoms with E-state index in [1.807, 2.05) is 0 Å². The number of hydrogen-bond acceptors (Lipinski definition) is 2. The number of carbonyl (C=O) groups excluding carboxylic acids is 1. The van der Waals surface area contributed by atoms with Crippen molar-refractivity contribution >= 4 is 6.03 Å². The highest BCUT2D eigenvalue weighted by Gasteiger charge is 2.33. The van der Waals surface area contributed by atoms with Crippen molar-refractivity contribution in [2.75, 3.05) is 26.3 Å². The summed E-state index contributed by atoms with van der Waals surface area (Å²) in [5.41, 5.74) is -0.692. The highest BCUT2D eigenvalue weighted by atomic mass is 19.2. The third-order valence-electron chi connectivity index (χ3n) is 4.77. The van der Waals surface area contributed by atoms with E-state index in [2.05, 4.69) is 5.32 Å². The molecule has 1 aromatic rings. The fourth-order valence-corrected chi connectivity index (χ4v) is 3.32. The van der Waals surface area contributed by atoms with Gasteiger partial charge in [0.1, 0.15) is 5.82 Å². The molecule has 1 aromatic carbocycles. The Morgan fingerprint density at radius 2 is 1.96 bits per heavy atom. The van der Waals surface area contributed by atoms with E-state index < -0.39 is 41.4 Å². The number of likely N-dealkylation sites (tertiary alicyclic amines) is 1. The Bertz CT molecular complexity index is 635. The summed E-state index contributed by atoms with van der Waals surface area (Å²) in [5.74, 6) is -5.40. The first-order valence-corrected chi connectivity index (χ1v) is 7.89. The lowest BCUT2D eigenvalue weighted by atomic mass is 9.91. The van der Waals surface area contributed by atoms with Crippen molar-refractivity contribution in [2.24, 2.45) is 11.8 Å². The Kier molecular flexibility index (Phi) is 4.93. The second-order valence-electron chi connectivity index (χ2n) is 6.22. The number of nitrogens with one attached hydrogen (secondary N) is 1. The molecule has 2 aliphatic heterocycles. The summed E-state index contributed by atoms with van der Waals surface area (Å²) in [7, 11) is 0. The molecular formula is C16H18F4N2O2. The maximum absolute atomic E-state index is 13.6. The topological polar surface area (TPSA) is 41.6 Å². The van der Waals surface area contributed by atoms with Crippen LogP contribution in [0.15, 0.2) is 6.07 Å². The smallest absolute Gasteiger partial charge is 0.317 e. The number of carbonyl (C=O) groups is 1. The van der Waals surface area contributed by atoms with Gasteiger partial charge in [0.15, 0.2) is 17.5 Å². The lowest BCUT2D eigenvalue weighted by Crippen LogP contribution is -2.39. The number of ether oxygens (including phenoxy) is 1. The zero-order valence-electron chi connectivity index (χ0n) is 13.0. The second kappa shape index (κ2) is 6.96. The van der Waals surface area contributed by atoms with Crippen LogP contribution in [-0.4, -0.2) is 37.2 Å². The van der Waals surface area contributed by atoms with Crippen LogP contribution in [0.25, 0.3) is 0 Å². The van der Waals surface area contributed by atoms with Crippen LogP contribution in [0.4, 0.5) is 22.4 Å². The molecule has 132 valence electrons. The second-order valence-corrected chi connectivity index (χ2v) is 6.22. The third kappa shape index (κ3) is 3.33. The lowest BCUT2D eigenvalue weighted by molar-refractivity contribution is 0.170. The molecule has 0 unspecified atom stereocenters. The van der Waals surface area contributed by atoms with Gasteiger partial charge in [-0.25, -0.2) is 22.4 Å². The SMILES string of the molecule is O=C(NCc1c(F)cc(F)c(F)c1F)N1CC[C@@H]([C@@H]2CCOC2)C1. The molecule has 0 radical (unpaired) electrons. The molecule has 0 spiro atoms. The first kappa shape index (κ1) is 17.0. The predicted octanol–water partition coefficient (Wildman–Crippen LogP) is 2.81. The van der Waals surface area contributed by atoms with Crippen molar-refractivity contribution < 1.29 is 27.1 Å². The summed E-state index contributed by atoms with van der Waals surface area (Å²) >= 11 is 0. The van der Waals surface area contributed by atoms with Crippen molar-refractivity contribution in [1.29, 1.82) is 0 Å². The number of hydrogen-bond donors (Lipinski definition) is 1. The Balaban J connectivity index is 1.57. The quantitative estimate of drug-likeness (QED) is 0.520. The molecule has 2 amide bonds. The molecule has 0 saturated carbocycles. The van der Waals surface area contributed by atoms with Crippen LogP contribution >= 0.6 is 0 Å². The van der Waals surface area contributed by atoms with E-state index in [0.29, 0.717) is 31.5 Å². The van der Waals surface area contributed by atoms with Gasteiger partial charge >= 0.3 is 6.03 Å². The first-order valence-electron chi connectivity index (χ1n) is 7.89. The Morgan fingerprint density at radius 3 is 2.67 bits per heavy atom. The van der Waals surface area contributed by atoms with Crippen LogP contribution in [0, 0.1) is 35.1 Å². The predicted molar refractivity (Wildman–Crippen MR) is 77.1 cm³/mol. The van der Waals surface area contributed by atoms with E-state index in [9.17, 15) is 22.4 Å². The number of urea groups is 1. The van der Waals surface area contributed by atoms with Gasteiger partial charge in [0.05, 0.1) is 6.54 Å². The minimum absolute atomic E-state index is 0.270. The molecule has 2 saturated heterocycles. The van der Waals surface area contributed by atoms with Gasteiger partial charge < -0.3 is 15.0 Å². The van der Waals surface area contributed by atoms with Crippen LogP contribution in [0.5, 0.6) is 0 Å². The molecule has 2 heterocycles. The van der Waals surface area contributed by atoms with Crippen molar-refractivity contribution in [3.8, 4) is 0 Å². The normalized spacial score (nSPS) is 23.8. The van der Waals surface area contributed by atoms with Gasteiger partial charge in [0.2, 0.25) is 0 Å². The van der Waals surface area contributed by atoms with Crippen molar-refractivity contribution in [2.45, 2.75) is 19.4 Å². The van der Waals surface area contributed by atoms with Crippen LogP contribution in [0.1, 0.15) is 18.4 Å². The van der Waals surface area contributed by atoms with Gasteiger partial charge in [-0.15, -0.1) is 0 Å². The molecule has 24 heavy (non-hydrogen) atoms. The molecule has 0 aliphatic carbocycles. The number of benzene rings is 1. The fraction of sp³-hybridized carbons (Fsp3) is 0.562. The molecule has 0 aromatic heterocycles. The van der Waals surface area contributed by atoms with E-state index in [1.54, 1.807) is 4.90 Å². The Morgan fingerprint density at radius 1 is 1.17 bits per heavy atom. The summed E-state index contributed by atoms with van der Waals surface area (Å²) < 4.78 is 58.6. The average molecular weight is 346 g/mol. The first-order chi connectivity index (χ1) is 11.5. The van der Waals surface area contributed by atoms with E-state index in [-0.39, 0.29) is 6.07 Å². The van der Waals surface area contributed by atoms with Crippen LogP contribution < -0.4 is 5.32 Å². The Hall–Kier alpha value is -1.83. The molecule has 0 bridgehead atoms. The van der Waals surface area contributed by atoms with Gasteiger partial charge in [-0.3, -0.25) is 0 Å². The van der Waals surface area contributed by atoms with Gasteiger partial charge in [-0.05, 0) is 24.7 Å². The molecule has 8 heteroatoms. The van der Waals surface area contributed by atoms with E-state index >= 15 is 0 Å². The van der Waals surface area contributed by atoms with E-state index in [1.165, 1.54) is 0 Å². The number of halogens is 4. The van der Waals surface area contributed by atoms with E-state index in [4.69, 9.17) is 4.74 Å². The summed E-state index contributed by atoms with van der Waals surface area (Å²) in [4.78, 5) is 13.7. The third-order valence-corrected chi connectivity index (χ3v) is 4.77.